The zero-order valence-corrected chi connectivity index (χ0v) is 37.0. The summed E-state index contributed by atoms with van der Waals surface area (Å²) in [5.74, 6) is 1.71. The number of nitrogens with zero attached hydrogens (tertiary/aromatic N) is 4. The largest absolute Gasteiger partial charge is 0.456 e. The van der Waals surface area contributed by atoms with E-state index in [2.05, 4.69) is 150 Å². The molecule has 0 saturated carbocycles. The van der Waals surface area contributed by atoms with Gasteiger partial charge in [0.1, 0.15) is 22.3 Å². The van der Waals surface area contributed by atoms with Gasteiger partial charge in [-0.3, -0.25) is 0 Å². The highest BCUT2D eigenvalue weighted by molar-refractivity contribution is 7.25. The first-order chi connectivity index (χ1) is 33.6. The summed E-state index contributed by atoms with van der Waals surface area (Å²) in [4.78, 5) is 16.1. The lowest BCUT2D eigenvalue weighted by Crippen LogP contribution is -2.02. The first-order valence-corrected chi connectivity index (χ1v) is 23.5. The number of thiophene rings is 1. The van der Waals surface area contributed by atoms with Crippen LogP contribution in [0.5, 0.6) is 0 Å². The third-order valence-electron chi connectivity index (χ3n) is 13.6. The van der Waals surface area contributed by atoms with E-state index in [0.717, 1.165) is 88.4 Å². The fraction of sp³-hybridized carbons (Fsp3) is 0. The van der Waals surface area contributed by atoms with Crippen LogP contribution < -0.4 is 0 Å². The Morgan fingerprint density at radius 2 is 0.882 bits per heavy atom. The first kappa shape index (κ1) is 37.3. The Morgan fingerprint density at radius 1 is 0.324 bits per heavy atom. The predicted molar refractivity (Wildman–Crippen MR) is 281 cm³/mol. The van der Waals surface area contributed by atoms with Crippen molar-refractivity contribution < 1.29 is 8.83 Å². The number of aromatic nitrogens is 4. The maximum absolute atomic E-state index is 6.27. The highest BCUT2D eigenvalue weighted by Gasteiger charge is 2.21. The zero-order chi connectivity index (χ0) is 44.5. The minimum absolute atomic E-state index is 0.568. The van der Waals surface area contributed by atoms with Gasteiger partial charge < -0.3 is 13.4 Å². The third-order valence-corrected chi connectivity index (χ3v) is 14.8. The molecule has 6 nitrogen and oxygen atoms in total. The lowest BCUT2D eigenvalue weighted by atomic mass is 9.97. The van der Waals surface area contributed by atoms with E-state index in [-0.39, 0.29) is 0 Å². The van der Waals surface area contributed by atoms with E-state index >= 15 is 0 Å². The van der Waals surface area contributed by atoms with Gasteiger partial charge in [0.05, 0.1) is 11.0 Å². The van der Waals surface area contributed by atoms with Crippen LogP contribution in [0.4, 0.5) is 0 Å². The molecule has 0 aliphatic heterocycles. The lowest BCUT2D eigenvalue weighted by molar-refractivity contribution is 0.668. The maximum Gasteiger partial charge on any atom is 0.164 e. The Labute approximate surface area is 391 Å². The second-order valence-electron chi connectivity index (χ2n) is 17.5. The predicted octanol–water partition coefficient (Wildman–Crippen LogP) is 17.0. The van der Waals surface area contributed by atoms with Crippen LogP contribution in [0.3, 0.4) is 0 Å². The van der Waals surface area contributed by atoms with E-state index in [1.807, 2.05) is 72.0 Å². The molecule has 0 spiro atoms. The van der Waals surface area contributed by atoms with Crippen LogP contribution in [-0.2, 0) is 0 Å². The van der Waals surface area contributed by atoms with Gasteiger partial charge in [0.25, 0.3) is 0 Å². The van der Waals surface area contributed by atoms with Crippen LogP contribution in [-0.4, -0.2) is 19.5 Å². The third kappa shape index (κ3) is 5.66. The first-order valence-electron chi connectivity index (χ1n) is 22.7. The Balaban J connectivity index is 1.000. The fourth-order valence-electron chi connectivity index (χ4n) is 10.4. The molecule has 5 heterocycles. The molecular weight excluding hydrogens is 853 g/mol. The molecular formula is C61H34N4O2S. The van der Waals surface area contributed by atoms with Gasteiger partial charge in [-0.1, -0.05) is 109 Å². The van der Waals surface area contributed by atoms with Crippen LogP contribution in [0, 0.1) is 0 Å². The van der Waals surface area contributed by atoms with Gasteiger partial charge >= 0.3 is 0 Å². The fourth-order valence-corrected chi connectivity index (χ4v) is 11.6. The molecule has 15 aromatic rings. The highest BCUT2D eigenvalue weighted by atomic mass is 32.1. The van der Waals surface area contributed by atoms with E-state index in [9.17, 15) is 0 Å². The van der Waals surface area contributed by atoms with Crippen molar-refractivity contribution in [1.82, 2.24) is 19.5 Å². The van der Waals surface area contributed by atoms with Gasteiger partial charge in [-0.05, 0) is 119 Å². The number of fused-ring (bicyclic) bond motifs is 13. The van der Waals surface area contributed by atoms with Crippen molar-refractivity contribution in [1.29, 1.82) is 0 Å². The molecule has 0 N–H and O–H groups in total. The molecule has 0 aliphatic carbocycles. The monoisotopic (exact) mass is 886 g/mol. The maximum atomic E-state index is 6.27. The molecule has 68 heavy (non-hydrogen) atoms. The topological polar surface area (TPSA) is 69.9 Å². The number of hydrogen-bond donors (Lipinski definition) is 0. The standard InChI is InChI=1S/C61H34N4O2S/c1-2-12-36-32-52-48(29-35(36)11-1)41-13-3-7-17-51(41)65(52)40-24-26-46(47(34-40)37-21-25-45-44-16-6-10-20-57(44)68-58(45)33-37)61-63-59(38-22-27-55-49(30-38)42-14-4-8-18-53(42)66-55)62-60(64-61)39-23-28-56-50(31-39)43-15-5-9-19-54(43)67-56/h1-34H. The molecule has 0 bridgehead atoms. The van der Waals surface area contributed by atoms with Crippen molar-refractivity contribution in [3.8, 4) is 51.0 Å². The molecule has 0 amide bonds. The molecule has 7 heteroatoms. The van der Waals surface area contributed by atoms with Gasteiger partial charge in [0, 0.05) is 74.9 Å². The summed E-state index contributed by atoms with van der Waals surface area (Å²) in [6.45, 7) is 0. The van der Waals surface area contributed by atoms with E-state index < -0.39 is 0 Å². The van der Waals surface area contributed by atoms with Crippen molar-refractivity contribution >= 4 is 108 Å². The molecule has 0 saturated heterocycles. The lowest BCUT2D eigenvalue weighted by Gasteiger charge is -2.16. The van der Waals surface area contributed by atoms with Crippen LogP contribution >= 0.6 is 11.3 Å². The number of benzene rings is 10. The second kappa shape index (κ2) is 14.3. The SMILES string of the molecule is c1ccc2cc3c(cc2c1)c1ccccc1n3-c1ccc(-c2nc(-c3ccc4oc5ccccc5c4c3)nc(-c3ccc4oc5ccccc5c4c3)n2)c(-c2ccc3c(c2)sc2ccccc23)c1. The minimum atomic E-state index is 0.568. The van der Waals surface area contributed by atoms with E-state index in [1.165, 1.54) is 41.7 Å². The Morgan fingerprint density at radius 3 is 1.60 bits per heavy atom. The van der Waals surface area contributed by atoms with E-state index in [0.29, 0.717) is 17.5 Å². The Bertz CT molecular complexity index is 4460. The Hall–Kier alpha value is -8.91. The van der Waals surface area contributed by atoms with Crippen molar-refractivity contribution in [2.45, 2.75) is 0 Å². The van der Waals surface area contributed by atoms with E-state index in [4.69, 9.17) is 23.8 Å². The van der Waals surface area contributed by atoms with Crippen LogP contribution in [0.2, 0.25) is 0 Å². The molecule has 0 fully saturated rings. The molecule has 0 unspecified atom stereocenters. The van der Waals surface area contributed by atoms with Crippen molar-refractivity contribution in [3.05, 3.63) is 206 Å². The van der Waals surface area contributed by atoms with Gasteiger partial charge in [-0.15, -0.1) is 11.3 Å². The summed E-state index contributed by atoms with van der Waals surface area (Å²) < 4.78 is 17.4. The number of rotatable bonds is 5. The quantitative estimate of drug-likeness (QED) is 0.172. The average molecular weight is 887 g/mol. The van der Waals surface area contributed by atoms with Crippen molar-refractivity contribution in [2.75, 3.05) is 0 Å². The van der Waals surface area contributed by atoms with Crippen LogP contribution in [0.15, 0.2) is 215 Å². The normalized spacial score (nSPS) is 12.1. The van der Waals surface area contributed by atoms with E-state index in [1.54, 1.807) is 0 Å². The summed E-state index contributed by atoms with van der Waals surface area (Å²) in [5.41, 5.74) is 11.4. The summed E-state index contributed by atoms with van der Waals surface area (Å²) in [7, 11) is 0. The van der Waals surface area contributed by atoms with Gasteiger partial charge in [-0.25, -0.2) is 15.0 Å². The number of furan rings is 2. The average Bonchev–Trinajstić information content (AvgIpc) is 4.16. The van der Waals surface area contributed by atoms with Crippen LogP contribution in [0.1, 0.15) is 0 Å². The zero-order valence-electron chi connectivity index (χ0n) is 36.1. The van der Waals surface area contributed by atoms with Gasteiger partial charge in [-0.2, -0.15) is 0 Å². The molecule has 5 aromatic heterocycles. The van der Waals surface area contributed by atoms with Crippen molar-refractivity contribution in [3.63, 3.8) is 0 Å². The van der Waals surface area contributed by atoms with Gasteiger partial charge in [0.2, 0.25) is 0 Å². The Kier molecular flexibility index (Phi) is 7.85. The molecule has 15 rings (SSSR count). The summed E-state index contributed by atoms with van der Waals surface area (Å²) in [5, 5.41) is 11.5. The van der Waals surface area contributed by atoms with Crippen molar-refractivity contribution in [2.24, 2.45) is 0 Å². The molecule has 10 aromatic carbocycles. The summed E-state index contributed by atoms with van der Waals surface area (Å²) >= 11 is 1.82. The summed E-state index contributed by atoms with van der Waals surface area (Å²) in [6, 6.07) is 72.9. The smallest absolute Gasteiger partial charge is 0.164 e. The summed E-state index contributed by atoms with van der Waals surface area (Å²) in [6.07, 6.45) is 0. The minimum Gasteiger partial charge on any atom is -0.456 e. The molecule has 0 radical (unpaired) electrons. The second-order valence-corrected chi connectivity index (χ2v) is 18.6. The molecule has 0 aliphatic rings. The number of hydrogen-bond acceptors (Lipinski definition) is 6. The number of para-hydroxylation sites is 3. The molecule has 0 atom stereocenters. The van der Waals surface area contributed by atoms with Gasteiger partial charge in [0.15, 0.2) is 17.5 Å². The molecule has 316 valence electrons. The highest BCUT2D eigenvalue weighted by Crippen LogP contribution is 2.43. The van der Waals surface area contributed by atoms with Crippen LogP contribution in [0.25, 0.3) is 148 Å².